The zero-order valence-electron chi connectivity index (χ0n) is 10.7. The van der Waals surface area contributed by atoms with Crippen LogP contribution in [0, 0.1) is 0 Å². The minimum absolute atomic E-state index is 0.0629. The molecule has 18 heavy (non-hydrogen) atoms. The standard InChI is InChI=1S/C14H19ClO3/c1-14(2)17-12(7-8-16)13(18-14)9-10-5-3-4-6-11(10)15/h3-6,12-13,16H,7-9H2,1-2H3/t12-,13-/m1/s1. The van der Waals surface area contributed by atoms with Gasteiger partial charge in [0.15, 0.2) is 5.79 Å². The van der Waals surface area contributed by atoms with Gasteiger partial charge >= 0.3 is 0 Å². The normalized spacial score (nSPS) is 26.4. The van der Waals surface area contributed by atoms with Crippen LogP contribution in [0.5, 0.6) is 0 Å². The fourth-order valence-corrected chi connectivity index (χ4v) is 2.55. The quantitative estimate of drug-likeness (QED) is 0.914. The zero-order chi connectivity index (χ0) is 13.2. The van der Waals surface area contributed by atoms with E-state index in [2.05, 4.69) is 0 Å². The van der Waals surface area contributed by atoms with Crippen LogP contribution < -0.4 is 0 Å². The third-order valence-corrected chi connectivity index (χ3v) is 3.45. The Morgan fingerprint density at radius 3 is 2.56 bits per heavy atom. The predicted molar refractivity (Wildman–Crippen MR) is 70.7 cm³/mol. The minimum Gasteiger partial charge on any atom is -0.396 e. The second-order valence-corrected chi connectivity index (χ2v) is 5.43. The van der Waals surface area contributed by atoms with Gasteiger partial charge in [0.25, 0.3) is 0 Å². The van der Waals surface area contributed by atoms with E-state index in [1.165, 1.54) is 0 Å². The second kappa shape index (κ2) is 5.57. The summed E-state index contributed by atoms with van der Waals surface area (Å²) in [5.74, 6) is -0.592. The van der Waals surface area contributed by atoms with Crippen LogP contribution in [-0.2, 0) is 15.9 Å². The number of aliphatic hydroxyl groups is 1. The van der Waals surface area contributed by atoms with Gasteiger partial charge in [0, 0.05) is 18.1 Å². The van der Waals surface area contributed by atoms with Crippen molar-refractivity contribution >= 4 is 11.6 Å². The smallest absolute Gasteiger partial charge is 0.163 e. The van der Waals surface area contributed by atoms with Gasteiger partial charge in [-0.2, -0.15) is 0 Å². The summed E-state index contributed by atoms with van der Waals surface area (Å²) in [5, 5.41) is 9.82. The fraction of sp³-hybridized carbons (Fsp3) is 0.571. The second-order valence-electron chi connectivity index (χ2n) is 5.02. The highest BCUT2D eigenvalue weighted by Gasteiger charge is 2.40. The number of hydrogen-bond donors (Lipinski definition) is 1. The highest BCUT2D eigenvalue weighted by molar-refractivity contribution is 6.31. The molecule has 0 amide bonds. The Bertz CT molecular complexity index is 406. The third kappa shape index (κ3) is 3.23. The average Bonchev–Trinajstić information content (AvgIpc) is 2.57. The molecule has 2 atom stereocenters. The molecule has 0 aliphatic carbocycles. The van der Waals surface area contributed by atoms with E-state index >= 15 is 0 Å². The lowest BCUT2D eigenvalue weighted by molar-refractivity contribution is -0.147. The predicted octanol–water partition coefficient (Wildman–Crippen LogP) is 2.79. The Morgan fingerprint density at radius 1 is 1.22 bits per heavy atom. The van der Waals surface area contributed by atoms with Crippen LogP contribution in [0.1, 0.15) is 25.8 Å². The lowest BCUT2D eigenvalue weighted by atomic mass is 10.0. The molecule has 2 rings (SSSR count). The zero-order valence-corrected chi connectivity index (χ0v) is 11.5. The lowest BCUT2D eigenvalue weighted by Crippen LogP contribution is -2.26. The van der Waals surface area contributed by atoms with Crippen LogP contribution in [0.15, 0.2) is 24.3 Å². The molecule has 0 bridgehead atoms. The van der Waals surface area contributed by atoms with E-state index in [9.17, 15) is 0 Å². The Morgan fingerprint density at radius 2 is 1.89 bits per heavy atom. The van der Waals surface area contributed by atoms with Crippen LogP contribution in [0.4, 0.5) is 0 Å². The number of ether oxygens (including phenoxy) is 2. The SMILES string of the molecule is CC1(C)O[C@H](CCO)[C@@H](Cc2ccccc2Cl)O1. The molecule has 1 heterocycles. The Balaban J connectivity index is 2.10. The number of halogens is 1. The first-order valence-electron chi connectivity index (χ1n) is 6.22. The summed E-state index contributed by atoms with van der Waals surface area (Å²) in [7, 11) is 0. The van der Waals surface area contributed by atoms with Crippen molar-refractivity contribution in [2.75, 3.05) is 6.61 Å². The third-order valence-electron chi connectivity index (χ3n) is 3.08. The van der Waals surface area contributed by atoms with Gasteiger partial charge in [-0.1, -0.05) is 29.8 Å². The summed E-state index contributed by atoms with van der Waals surface area (Å²) in [4.78, 5) is 0. The molecule has 1 aromatic rings. The molecule has 3 nitrogen and oxygen atoms in total. The van der Waals surface area contributed by atoms with Crippen molar-refractivity contribution in [1.82, 2.24) is 0 Å². The van der Waals surface area contributed by atoms with E-state index in [0.717, 1.165) is 10.6 Å². The van der Waals surface area contributed by atoms with Gasteiger partial charge in [0.2, 0.25) is 0 Å². The van der Waals surface area contributed by atoms with Crippen LogP contribution in [0.2, 0.25) is 5.02 Å². The number of aliphatic hydroxyl groups excluding tert-OH is 1. The molecule has 0 unspecified atom stereocenters. The highest BCUT2D eigenvalue weighted by Crippen LogP contribution is 2.32. The first-order valence-corrected chi connectivity index (χ1v) is 6.59. The van der Waals surface area contributed by atoms with Gasteiger partial charge in [-0.15, -0.1) is 0 Å². The highest BCUT2D eigenvalue weighted by atomic mass is 35.5. The molecule has 1 saturated heterocycles. The van der Waals surface area contributed by atoms with Crippen LogP contribution in [-0.4, -0.2) is 29.7 Å². The van der Waals surface area contributed by atoms with Gasteiger partial charge in [-0.05, 0) is 31.9 Å². The van der Waals surface area contributed by atoms with E-state index in [4.69, 9.17) is 26.2 Å². The summed E-state index contributed by atoms with van der Waals surface area (Å²) in [5.41, 5.74) is 1.05. The first kappa shape index (κ1) is 13.8. The van der Waals surface area contributed by atoms with Crippen molar-refractivity contribution in [3.05, 3.63) is 34.9 Å². The van der Waals surface area contributed by atoms with E-state index in [-0.39, 0.29) is 18.8 Å². The Hall–Kier alpha value is -0.610. The molecular weight excluding hydrogens is 252 g/mol. The molecule has 0 spiro atoms. The van der Waals surface area contributed by atoms with E-state index in [0.29, 0.717) is 12.8 Å². The molecule has 1 aliphatic heterocycles. The Labute approximate surface area is 113 Å². The maximum atomic E-state index is 9.07. The largest absolute Gasteiger partial charge is 0.396 e. The first-order chi connectivity index (χ1) is 8.52. The Kier molecular flexibility index (Phi) is 4.28. The summed E-state index contributed by atoms with van der Waals surface area (Å²) in [6.45, 7) is 3.89. The van der Waals surface area contributed by atoms with E-state index < -0.39 is 5.79 Å². The maximum absolute atomic E-state index is 9.07. The summed E-state index contributed by atoms with van der Waals surface area (Å²) in [6.07, 6.45) is 1.14. The molecular formula is C14H19ClO3. The van der Waals surface area contributed by atoms with Crippen molar-refractivity contribution in [2.45, 2.75) is 44.7 Å². The van der Waals surface area contributed by atoms with Gasteiger partial charge in [0.05, 0.1) is 12.2 Å². The van der Waals surface area contributed by atoms with Crippen LogP contribution in [0.3, 0.4) is 0 Å². The van der Waals surface area contributed by atoms with E-state index in [1.807, 2.05) is 38.1 Å². The van der Waals surface area contributed by atoms with Gasteiger partial charge in [-0.25, -0.2) is 0 Å². The molecule has 0 saturated carbocycles. The van der Waals surface area contributed by atoms with Crippen molar-refractivity contribution in [1.29, 1.82) is 0 Å². The number of rotatable bonds is 4. The summed E-state index contributed by atoms with van der Waals surface area (Å²) in [6, 6.07) is 7.74. The monoisotopic (exact) mass is 270 g/mol. The van der Waals surface area contributed by atoms with Gasteiger partial charge in [-0.3, -0.25) is 0 Å². The number of benzene rings is 1. The van der Waals surface area contributed by atoms with Crippen LogP contribution in [0.25, 0.3) is 0 Å². The molecule has 1 aromatic carbocycles. The van der Waals surface area contributed by atoms with Gasteiger partial charge < -0.3 is 14.6 Å². The molecule has 1 aliphatic rings. The minimum atomic E-state index is -0.592. The topological polar surface area (TPSA) is 38.7 Å². The van der Waals surface area contributed by atoms with Gasteiger partial charge in [0.1, 0.15) is 0 Å². The summed E-state index contributed by atoms with van der Waals surface area (Å²) >= 11 is 6.15. The lowest BCUT2D eigenvalue weighted by Gasteiger charge is -2.17. The molecule has 1 N–H and O–H groups in total. The van der Waals surface area contributed by atoms with Crippen molar-refractivity contribution in [3.63, 3.8) is 0 Å². The number of hydrogen-bond acceptors (Lipinski definition) is 3. The fourth-order valence-electron chi connectivity index (χ4n) is 2.33. The molecule has 0 aromatic heterocycles. The van der Waals surface area contributed by atoms with E-state index in [1.54, 1.807) is 0 Å². The molecule has 4 heteroatoms. The van der Waals surface area contributed by atoms with Crippen molar-refractivity contribution in [3.8, 4) is 0 Å². The average molecular weight is 271 g/mol. The van der Waals surface area contributed by atoms with Crippen LogP contribution >= 0.6 is 11.6 Å². The summed E-state index contributed by atoms with van der Waals surface area (Å²) < 4.78 is 11.7. The molecule has 100 valence electrons. The van der Waals surface area contributed by atoms with Crippen molar-refractivity contribution < 1.29 is 14.6 Å². The molecule has 1 fully saturated rings. The maximum Gasteiger partial charge on any atom is 0.163 e. The molecule has 0 radical (unpaired) electrons. The van der Waals surface area contributed by atoms with Crippen molar-refractivity contribution in [2.24, 2.45) is 0 Å².